The molecule has 1 heterocycles. The van der Waals surface area contributed by atoms with Gasteiger partial charge in [0.1, 0.15) is 0 Å². The predicted octanol–water partition coefficient (Wildman–Crippen LogP) is 3.60. The summed E-state index contributed by atoms with van der Waals surface area (Å²) in [5, 5.41) is 3.45. The van der Waals surface area contributed by atoms with E-state index in [2.05, 4.69) is 40.0 Å². The summed E-state index contributed by atoms with van der Waals surface area (Å²) in [6.07, 6.45) is 8.36. The van der Waals surface area contributed by atoms with Gasteiger partial charge in [-0.3, -0.25) is 0 Å². The average molecular weight is 259 g/mol. The van der Waals surface area contributed by atoms with Gasteiger partial charge < -0.3 is 9.88 Å². The van der Waals surface area contributed by atoms with Gasteiger partial charge >= 0.3 is 0 Å². The highest BCUT2D eigenvalue weighted by Gasteiger charge is 2.00. The second-order valence-corrected chi connectivity index (χ2v) is 5.09. The Balaban J connectivity index is 1.63. The number of nitrogens with one attached hydrogen (secondary N) is 1. The topological polar surface area (TPSA) is 29.9 Å². The molecule has 0 aliphatic carbocycles. The fourth-order valence-electron chi connectivity index (χ4n) is 2.38. The standard InChI is InChI=1S/C16H25N3/c1-2-11-17-12-7-3-4-8-13-19-14-18-15-9-5-6-10-16(15)19/h5-6,9-10,14,17H,2-4,7-8,11-13H2,1H3. The number of hydrogen-bond donors (Lipinski definition) is 1. The van der Waals surface area contributed by atoms with Gasteiger partial charge in [0.25, 0.3) is 0 Å². The van der Waals surface area contributed by atoms with Crippen LogP contribution in [-0.2, 0) is 6.54 Å². The van der Waals surface area contributed by atoms with Crippen LogP contribution in [0.3, 0.4) is 0 Å². The smallest absolute Gasteiger partial charge is 0.0958 e. The third-order valence-electron chi connectivity index (χ3n) is 3.46. The Morgan fingerprint density at radius 3 is 2.79 bits per heavy atom. The Morgan fingerprint density at radius 2 is 1.89 bits per heavy atom. The van der Waals surface area contributed by atoms with Gasteiger partial charge in [0.05, 0.1) is 17.4 Å². The summed E-state index contributed by atoms with van der Waals surface area (Å²) in [4.78, 5) is 4.42. The van der Waals surface area contributed by atoms with Crippen LogP contribution < -0.4 is 5.32 Å². The van der Waals surface area contributed by atoms with Gasteiger partial charge in [-0.05, 0) is 44.5 Å². The van der Waals surface area contributed by atoms with Crippen LogP contribution >= 0.6 is 0 Å². The van der Waals surface area contributed by atoms with Crippen molar-refractivity contribution in [2.45, 2.75) is 45.6 Å². The molecule has 3 heteroatoms. The lowest BCUT2D eigenvalue weighted by Crippen LogP contribution is -2.15. The fraction of sp³-hybridized carbons (Fsp3) is 0.562. The average Bonchev–Trinajstić information content (AvgIpc) is 2.85. The number of nitrogens with zero attached hydrogens (tertiary/aromatic N) is 2. The summed E-state index contributed by atoms with van der Waals surface area (Å²) in [5.74, 6) is 0. The Hall–Kier alpha value is -1.35. The zero-order chi connectivity index (χ0) is 13.3. The van der Waals surface area contributed by atoms with E-state index in [0.29, 0.717) is 0 Å². The molecule has 104 valence electrons. The molecular formula is C16H25N3. The molecule has 0 bridgehead atoms. The van der Waals surface area contributed by atoms with Crippen molar-refractivity contribution in [2.24, 2.45) is 0 Å². The lowest BCUT2D eigenvalue weighted by Gasteiger charge is -2.05. The number of unbranched alkanes of at least 4 members (excludes halogenated alkanes) is 3. The van der Waals surface area contributed by atoms with Crippen LogP contribution in [0.4, 0.5) is 0 Å². The number of rotatable bonds is 9. The third kappa shape index (κ3) is 4.35. The van der Waals surface area contributed by atoms with Crippen LogP contribution in [0.25, 0.3) is 11.0 Å². The minimum atomic E-state index is 1.09. The first-order valence-electron chi connectivity index (χ1n) is 7.52. The van der Waals surface area contributed by atoms with Crippen molar-refractivity contribution in [1.29, 1.82) is 0 Å². The lowest BCUT2D eigenvalue weighted by molar-refractivity contribution is 0.555. The van der Waals surface area contributed by atoms with E-state index in [1.54, 1.807) is 0 Å². The van der Waals surface area contributed by atoms with E-state index in [0.717, 1.165) is 18.6 Å². The van der Waals surface area contributed by atoms with E-state index in [1.807, 2.05) is 12.4 Å². The molecule has 1 N–H and O–H groups in total. The molecule has 2 aromatic rings. The van der Waals surface area contributed by atoms with Crippen LogP contribution in [0.1, 0.15) is 39.0 Å². The van der Waals surface area contributed by atoms with Gasteiger partial charge in [0.15, 0.2) is 0 Å². The molecule has 0 unspecified atom stereocenters. The van der Waals surface area contributed by atoms with E-state index < -0.39 is 0 Å². The minimum absolute atomic E-state index is 1.09. The summed E-state index contributed by atoms with van der Waals surface area (Å²) >= 11 is 0. The SMILES string of the molecule is CCCNCCCCCCn1cnc2ccccc21. The number of hydrogen-bond acceptors (Lipinski definition) is 2. The van der Waals surface area contributed by atoms with Crippen LogP contribution in [0, 0.1) is 0 Å². The number of aromatic nitrogens is 2. The van der Waals surface area contributed by atoms with Gasteiger partial charge in [-0.15, -0.1) is 0 Å². The van der Waals surface area contributed by atoms with Crippen molar-refractivity contribution in [1.82, 2.24) is 14.9 Å². The Kier molecular flexibility index (Phi) is 5.89. The number of imidazole rings is 1. The predicted molar refractivity (Wildman–Crippen MR) is 81.4 cm³/mol. The van der Waals surface area contributed by atoms with Gasteiger partial charge in [-0.25, -0.2) is 4.98 Å². The van der Waals surface area contributed by atoms with E-state index in [1.165, 1.54) is 44.2 Å². The third-order valence-corrected chi connectivity index (χ3v) is 3.46. The molecule has 0 spiro atoms. The summed E-state index contributed by atoms with van der Waals surface area (Å²) in [7, 11) is 0. The van der Waals surface area contributed by atoms with Gasteiger partial charge in [-0.2, -0.15) is 0 Å². The van der Waals surface area contributed by atoms with Crippen LogP contribution in [0.2, 0.25) is 0 Å². The van der Waals surface area contributed by atoms with Crippen molar-refractivity contribution in [3.63, 3.8) is 0 Å². The molecule has 0 aliphatic rings. The molecule has 1 aromatic carbocycles. The largest absolute Gasteiger partial charge is 0.331 e. The van der Waals surface area contributed by atoms with E-state index in [4.69, 9.17) is 0 Å². The number of fused-ring (bicyclic) bond motifs is 1. The summed E-state index contributed by atoms with van der Waals surface area (Å²) in [6.45, 7) is 5.62. The highest BCUT2D eigenvalue weighted by Crippen LogP contribution is 2.13. The Morgan fingerprint density at radius 1 is 1.05 bits per heavy atom. The molecule has 1 aromatic heterocycles. The summed E-state index contributed by atoms with van der Waals surface area (Å²) in [5.41, 5.74) is 2.36. The highest BCUT2D eigenvalue weighted by atomic mass is 15.0. The van der Waals surface area contributed by atoms with E-state index >= 15 is 0 Å². The Labute approximate surface area is 116 Å². The van der Waals surface area contributed by atoms with Crippen molar-refractivity contribution in [3.05, 3.63) is 30.6 Å². The quantitative estimate of drug-likeness (QED) is 0.697. The molecule has 0 radical (unpaired) electrons. The maximum absolute atomic E-state index is 4.42. The van der Waals surface area contributed by atoms with Crippen LogP contribution in [0.5, 0.6) is 0 Å². The number of aryl methyl sites for hydroxylation is 1. The molecular weight excluding hydrogens is 234 g/mol. The minimum Gasteiger partial charge on any atom is -0.331 e. The summed E-state index contributed by atoms with van der Waals surface area (Å²) in [6, 6.07) is 8.35. The van der Waals surface area contributed by atoms with Crippen molar-refractivity contribution in [3.8, 4) is 0 Å². The van der Waals surface area contributed by atoms with E-state index in [-0.39, 0.29) is 0 Å². The van der Waals surface area contributed by atoms with Crippen molar-refractivity contribution in [2.75, 3.05) is 13.1 Å². The molecule has 0 atom stereocenters. The van der Waals surface area contributed by atoms with E-state index in [9.17, 15) is 0 Å². The maximum Gasteiger partial charge on any atom is 0.0958 e. The van der Waals surface area contributed by atoms with Gasteiger partial charge in [0, 0.05) is 6.54 Å². The zero-order valence-electron chi connectivity index (χ0n) is 11.9. The normalized spacial score (nSPS) is 11.2. The zero-order valence-corrected chi connectivity index (χ0v) is 11.9. The molecule has 0 saturated carbocycles. The second-order valence-electron chi connectivity index (χ2n) is 5.09. The van der Waals surface area contributed by atoms with Gasteiger partial charge in [0.2, 0.25) is 0 Å². The second kappa shape index (κ2) is 7.95. The highest BCUT2D eigenvalue weighted by molar-refractivity contribution is 5.74. The molecule has 0 fully saturated rings. The number of para-hydroxylation sites is 2. The first-order valence-corrected chi connectivity index (χ1v) is 7.52. The van der Waals surface area contributed by atoms with Crippen molar-refractivity contribution >= 4 is 11.0 Å². The molecule has 0 aliphatic heterocycles. The maximum atomic E-state index is 4.42. The molecule has 19 heavy (non-hydrogen) atoms. The lowest BCUT2D eigenvalue weighted by atomic mass is 10.2. The molecule has 3 nitrogen and oxygen atoms in total. The molecule has 0 saturated heterocycles. The summed E-state index contributed by atoms with van der Waals surface area (Å²) < 4.78 is 2.27. The molecule has 2 rings (SSSR count). The first-order chi connectivity index (χ1) is 9.42. The number of benzene rings is 1. The first kappa shape index (κ1) is 14.1. The fourth-order valence-corrected chi connectivity index (χ4v) is 2.38. The monoisotopic (exact) mass is 259 g/mol. The molecule has 0 amide bonds. The van der Waals surface area contributed by atoms with Crippen LogP contribution in [-0.4, -0.2) is 22.6 Å². The Bertz CT molecular complexity index is 476. The van der Waals surface area contributed by atoms with Gasteiger partial charge in [-0.1, -0.05) is 31.9 Å². The van der Waals surface area contributed by atoms with Crippen LogP contribution in [0.15, 0.2) is 30.6 Å². The van der Waals surface area contributed by atoms with Crippen molar-refractivity contribution < 1.29 is 0 Å².